The minimum Gasteiger partial charge on any atom is -0.336 e. The van der Waals surface area contributed by atoms with E-state index >= 15 is 0 Å². The molecule has 2 heterocycles. The first-order chi connectivity index (χ1) is 13.1. The number of nitrogens with zero attached hydrogens (tertiary/aromatic N) is 3. The van der Waals surface area contributed by atoms with Gasteiger partial charge in [-0.25, -0.2) is 0 Å². The van der Waals surface area contributed by atoms with Crippen LogP contribution in [0.5, 0.6) is 0 Å². The first kappa shape index (κ1) is 17.7. The quantitative estimate of drug-likeness (QED) is 0.813. The molecule has 1 aromatic heterocycles. The van der Waals surface area contributed by atoms with Crippen LogP contribution in [0.25, 0.3) is 5.69 Å². The summed E-state index contributed by atoms with van der Waals surface area (Å²) in [4.78, 5) is 43.0. The molecule has 2 aliphatic rings. The number of amides is 1. The smallest absolute Gasteiger partial charge is 0.268 e. The summed E-state index contributed by atoms with van der Waals surface area (Å²) in [5.41, 5.74) is 1.65. The number of aromatic nitrogens is 1. The second kappa shape index (κ2) is 7.12. The van der Waals surface area contributed by atoms with E-state index < -0.39 is 0 Å². The number of ketones is 1. The van der Waals surface area contributed by atoms with Crippen molar-refractivity contribution in [1.29, 1.82) is 0 Å². The van der Waals surface area contributed by atoms with Gasteiger partial charge in [0.15, 0.2) is 5.78 Å². The molecule has 4 rings (SSSR count). The number of Topliss-reactive ketones (excluding diaryl/α,β-unsaturated/α-hetero) is 1. The fourth-order valence-electron chi connectivity index (χ4n) is 3.88. The molecule has 2 aromatic rings. The molecule has 6 nitrogen and oxygen atoms in total. The Kier molecular flexibility index (Phi) is 4.66. The SMILES string of the molecule is CN1CCN(C(=O)c2c3c(cn(-c4ccccc4)c2=O)C(=O)CCC3)CC1. The van der Waals surface area contributed by atoms with Crippen LogP contribution in [0.4, 0.5) is 0 Å². The van der Waals surface area contributed by atoms with Crippen molar-refractivity contribution in [2.75, 3.05) is 33.2 Å². The van der Waals surface area contributed by atoms with Crippen molar-refractivity contribution in [2.45, 2.75) is 19.3 Å². The number of para-hydroxylation sites is 1. The van der Waals surface area contributed by atoms with Crippen molar-refractivity contribution >= 4 is 11.7 Å². The Hall–Kier alpha value is -2.73. The van der Waals surface area contributed by atoms with Crippen molar-refractivity contribution in [3.8, 4) is 5.69 Å². The predicted molar refractivity (Wildman–Crippen MR) is 103 cm³/mol. The summed E-state index contributed by atoms with van der Waals surface area (Å²) < 4.78 is 1.45. The number of rotatable bonds is 2. The van der Waals surface area contributed by atoms with Crippen LogP contribution in [0.1, 0.15) is 39.1 Å². The zero-order valence-electron chi connectivity index (χ0n) is 15.5. The molecule has 1 saturated heterocycles. The van der Waals surface area contributed by atoms with E-state index in [2.05, 4.69) is 4.90 Å². The Labute approximate surface area is 158 Å². The Balaban J connectivity index is 1.87. The number of likely N-dealkylation sites (N-methyl/N-ethyl adjacent to an activating group) is 1. The van der Waals surface area contributed by atoms with Gasteiger partial charge in [-0.2, -0.15) is 0 Å². The largest absolute Gasteiger partial charge is 0.336 e. The molecule has 6 heteroatoms. The lowest BCUT2D eigenvalue weighted by molar-refractivity contribution is 0.0660. The lowest BCUT2D eigenvalue weighted by Gasteiger charge is -2.33. The molecule has 0 radical (unpaired) electrons. The van der Waals surface area contributed by atoms with Gasteiger partial charge in [0, 0.05) is 50.0 Å². The molecule has 1 aliphatic heterocycles. The zero-order chi connectivity index (χ0) is 19.0. The number of pyridine rings is 1. The number of benzene rings is 1. The van der Waals surface area contributed by atoms with Crippen LogP contribution in [0.2, 0.25) is 0 Å². The average molecular weight is 365 g/mol. The number of hydrogen-bond donors (Lipinski definition) is 0. The lowest BCUT2D eigenvalue weighted by atomic mass is 9.88. The van der Waals surface area contributed by atoms with Gasteiger partial charge in [-0.1, -0.05) is 18.2 Å². The summed E-state index contributed by atoms with van der Waals surface area (Å²) >= 11 is 0. The van der Waals surface area contributed by atoms with Crippen LogP contribution < -0.4 is 5.56 Å². The Morgan fingerprint density at radius 1 is 0.963 bits per heavy atom. The lowest BCUT2D eigenvalue weighted by Crippen LogP contribution is -2.49. The highest BCUT2D eigenvalue weighted by Gasteiger charge is 2.31. The third kappa shape index (κ3) is 3.21. The highest BCUT2D eigenvalue weighted by atomic mass is 16.2. The van der Waals surface area contributed by atoms with Crippen LogP contribution >= 0.6 is 0 Å². The molecule has 1 aliphatic carbocycles. The standard InChI is InChI=1S/C21H23N3O3/c1-22-10-12-23(13-11-22)20(26)19-16-8-5-9-18(25)17(16)14-24(21(19)27)15-6-3-2-4-7-15/h2-4,6-7,14H,5,8-13H2,1H3. The summed E-state index contributed by atoms with van der Waals surface area (Å²) in [6, 6.07) is 9.17. The fraction of sp³-hybridized carbons (Fsp3) is 0.381. The molecular weight excluding hydrogens is 342 g/mol. The van der Waals surface area contributed by atoms with E-state index in [0.717, 1.165) is 13.1 Å². The van der Waals surface area contributed by atoms with Crippen LogP contribution in [-0.2, 0) is 6.42 Å². The Bertz CT molecular complexity index is 941. The number of hydrogen-bond acceptors (Lipinski definition) is 4. The maximum atomic E-state index is 13.3. The summed E-state index contributed by atoms with van der Waals surface area (Å²) in [7, 11) is 2.02. The molecule has 0 N–H and O–H groups in total. The number of carbonyl (C=O) groups excluding carboxylic acids is 2. The van der Waals surface area contributed by atoms with Gasteiger partial charge in [0.05, 0.1) is 0 Å². The monoisotopic (exact) mass is 365 g/mol. The van der Waals surface area contributed by atoms with E-state index in [0.29, 0.717) is 49.2 Å². The van der Waals surface area contributed by atoms with E-state index in [1.54, 1.807) is 11.1 Å². The summed E-state index contributed by atoms with van der Waals surface area (Å²) in [5, 5.41) is 0. The van der Waals surface area contributed by atoms with E-state index in [1.165, 1.54) is 4.57 Å². The fourth-order valence-corrected chi connectivity index (χ4v) is 3.88. The molecule has 1 fully saturated rings. The van der Waals surface area contributed by atoms with Crippen LogP contribution in [0, 0.1) is 0 Å². The topological polar surface area (TPSA) is 62.6 Å². The third-order valence-corrected chi connectivity index (χ3v) is 5.49. The van der Waals surface area contributed by atoms with Crippen molar-refractivity contribution < 1.29 is 9.59 Å². The third-order valence-electron chi connectivity index (χ3n) is 5.49. The van der Waals surface area contributed by atoms with E-state index in [-0.39, 0.29) is 22.8 Å². The van der Waals surface area contributed by atoms with Crippen molar-refractivity contribution in [1.82, 2.24) is 14.4 Å². The number of carbonyl (C=O) groups is 2. The second-order valence-corrected chi connectivity index (χ2v) is 7.28. The van der Waals surface area contributed by atoms with Crippen LogP contribution in [0.3, 0.4) is 0 Å². The molecule has 1 amide bonds. The molecular formula is C21H23N3O3. The summed E-state index contributed by atoms with van der Waals surface area (Å²) in [5.74, 6) is -0.238. The van der Waals surface area contributed by atoms with Gasteiger partial charge < -0.3 is 9.80 Å². The number of piperazine rings is 1. The van der Waals surface area contributed by atoms with E-state index in [1.807, 2.05) is 37.4 Å². The highest BCUT2D eigenvalue weighted by molar-refractivity contribution is 6.03. The van der Waals surface area contributed by atoms with Gasteiger partial charge in [0.2, 0.25) is 0 Å². The van der Waals surface area contributed by atoms with Crippen molar-refractivity contribution in [2.24, 2.45) is 0 Å². The van der Waals surface area contributed by atoms with Gasteiger partial charge in [-0.15, -0.1) is 0 Å². The van der Waals surface area contributed by atoms with E-state index in [4.69, 9.17) is 0 Å². The Morgan fingerprint density at radius 2 is 1.67 bits per heavy atom. The maximum Gasteiger partial charge on any atom is 0.268 e. The maximum absolute atomic E-state index is 13.3. The average Bonchev–Trinajstić information content (AvgIpc) is 2.69. The zero-order valence-corrected chi connectivity index (χ0v) is 15.5. The minimum atomic E-state index is -0.335. The Morgan fingerprint density at radius 3 is 2.37 bits per heavy atom. The summed E-state index contributed by atoms with van der Waals surface area (Å²) in [6.45, 7) is 2.76. The second-order valence-electron chi connectivity index (χ2n) is 7.28. The summed E-state index contributed by atoms with van der Waals surface area (Å²) in [6.07, 6.45) is 3.36. The first-order valence-electron chi connectivity index (χ1n) is 9.41. The van der Waals surface area contributed by atoms with Gasteiger partial charge in [-0.3, -0.25) is 19.0 Å². The van der Waals surface area contributed by atoms with Crippen LogP contribution in [-0.4, -0.2) is 59.3 Å². The van der Waals surface area contributed by atoms with Crippen LogP contribution in [0.15, 0.2) is 41.3 Å². The molecule has 0 spiro atoms. The molecule has 0 bridgehead atoms. The molecule has 0 atom stereocenters. The molecule has 140 valence electrons. The van der Waals surface area contributed by atoms with Gasteiger partial charge in [0.1, 0.15) is 5.56 Å². The molecule has 1 aromatic carbocycles. The highest BCUT2D eigenvalue weighted by Crippen LogP contribution is 2.25. The number of fused-ring (bicyclic) bond motifs is 1. The van der Waals surface area contributed by atoms with Gasteiger partial charge in [0.25, 0.3) is 11.5 Å². The first-order valence-corrected chi connectivity index (χ1v) is 9.41. The normalized spacial score (nSPS) is 17.7. The predicted octanol–water partition coefficient (Wildman–Crippen LogP) is 1.74. The van der Waals surface area contributed by atoms with E-state index in [9.17, 15) is 14.4 Å². The van der Waals surface area contributed by atoms with Gasteiger partial charge >= 0.3 is 0 Å². The van der Waals surface area contributed by atoms with Crippen molar-refractivity contribution in [3.63, 3.8) is 0 Å². The minimum absolute atomic E-state index is 0.00774. The van der Waals surface area contributed by atoms with Crippen molar-refractivity contribution in [3.05, 3.63) is 63.6 Å². The van der Waals surface area contributed by atoms with Gasteiger partial charge in [-0.05, 0) is 37.6 Å². The molecule has 0 saturated carbocycles. The molecule has 0 unspecified atom stereocenters. The molecule has 27 heavy (non-hydrogen) atoms.